The highest BCUT2D eigenvalue weighted by Crippen LogP contribution is 2.14. The zero-order valence-electron chi connectivity index (χ0n) is 12.9. The summed E-state index contributed by atoms with van der Waals surface area (Å²) in [5.74, 6) is 0.492. The predicted molar refractivity (Wildman–Crippen MR) is 96.1 cm³/mol. The molecule has 0 atom stereocenters. The van der Waals surface area contributed by atoms with Gasteiger partial charge in [0.15, 0.2) is 0 Å². The Labute approximate surface area is 140 Å². The van der Waals surface area contributed by atoms with Gasteiger partial charge in [0.05, 0.1) is 11.4 Å². The first-order valence-corrected chi connectivity index (χ1v) is 7.45. The van der Waals surface area contributed by atoms with Crippen molar-refractivity contribution >= 4 is 24.3 Å². The summed E-state index contributed by atoms with van der Waals surface area (Å²) in [5.41, 5.74) is 3.55. The minimum atomic E-state index is 0.246. The Morgan fingerprint density at radius 3 is 1.42 bits per heavy atom. The van der Waals surface area contributed by atoms with Crippen LogP contribution >= 0.6 is 0 Å². The molecule has 0 aliphatic carbocycles. The third-order valence-corrected chi connectivity index (χ3v) is 3.39. The van der Waals surface area contributed by atoms with Gasteiger partial charge in [-0.3, -0.25) is 0 Å². The minimum absolute atomic E-state index is 0.246. The Kier molecular flexibility index (Phi) is 4.68. The van der Waals surface area contributed by atoms with E-state index in [9.17, 15) is 10.2 Å². The number of aromatic hydroxyl groups is 2. The van der Waals surface area contributed by atoms with E-state index in [1.165, 1.54) is 6.33 Å². The average Bonchev–Trinajstić information content (AvgIpc) is 2.61. The van der Waals surface area contributed by atoms with Crippen molar-refractivity contribution in [3.05, 3.63) is 83.4 Å². The van der Waals surface area contributed by atoms with Gasteiger partial charge in [0.2, 0.25) is 0 Å². The van der Waals surface area contributed by atoms with Crippen molar-refractivity contribution in [1.82, 2.24) is 9.97 Å². The van der Waals surface area contributed by atoms with Crippen molar-refractivity contribution in [2.24, 2.45) is 0 Å². The van der Waals surface area contributed by atoms with Gasteiger partial charge in [-0.2, -0.15) is 0 Å². The quantitative estimate of drug-likeness (QED) is 0.756. The molecule has 0 saturated carbocycles. The summed E-state index contributed by atoms with van der Waals surface area (Å²) in [6.07, 6.45) is 9.16. The van der Waals surface area contributed by atoms with Crippen molar-refractivity contribution in [1.29, 1.82) is 0 Å². The normalized spacial score (nSPS) is 11.3. The second-order valence-corrected chi connectivity index (χ2v) is 5.22. The predicted octanol–water partition coefficient (Wildman–Crippen LogP) is 4.23. The molecule has 0 bridgehead atoms. The minimum Gasteiger partial charge on any atom is -0.508 e. The first-order chi connectivity index (χ1) is 11.7. The molecule has 0 fully saturated rings. The molecule has 2 N–H and O–H groups in total. The lowest BCUT2D eigenvalue weighted by Gasteiger charge is -1.97. The van der Waals surface area contributed by atoms with Crippen LogP contribution in [0.15, 0.2) is 60.9 Å². The summed E-state index contributed by atoms with van der Waals surface area (Å²) in [5, 5.41) is 18.6. The number of rotatable bonds is 4. The Balaban J connectivity index is 1.74. The molecule has 0 aliphatic rings. The van der Waals surface area contributed by atoms with Crippen LogP contribution in [0.1, 0.15) is 22.5 Å². The molecule has 0 amide bonds. The first kappa shape index (κ1) is 15.5. The molecule has 2 aromatic carbocycles. The Morgan fingerprint density at radius 2 is 1.00 bits per heavy atom. The molecule has 0 aliphatic heterocycles. The first-order valence-electron chi connectivity index (χ1n) is 7.45. The summed E-state index contributed by atoms with van der Waals surface area (Å²) in [7, 11) is 0. The lowest BCUT2D eigenvalue weighted by Crippen LogP contribution is -1.86. The van der Waals surface area contributed by atoms with Crippen LogP contribution < -0.4 is 0 Å². The summed E-state index contributed by atoms with van der Waals surface area (Å²) >= 11 is 0. The van der Waals surface area contributed by atoms with Gasteiger partial charge in [0, 0.05) is 0 Å². The average molecular weight is 316 g/mol. The molecule has 0 unspecified atom stereocenters. The van der Waals surface area contributed by atoms with E-state index in [0.717, 1.165) is 22.5 Å². The highest BCUT2D eigenvalue weighted by Gasteiger charge is 1.94. The largest absolute Gasteiger partial charge is 0.508 e. The van der Waals surface area contributed by atoms with Crippen LogP contribution in [-0.2, 0) is 0 Å². The summed E-state index contributed by atoms with van der Waals surface area (Å²) in [6, 6.07) is 15.8. The summed E-state index contributed by atoms with van der Waals surface area (Å²) in [4.78, 5) is 8.45. The number of benzene rings is 2. The molecular formula is C20H16N2O2. The van der Waals surface area contributed by atoms with E-state index >= 15 is 0 Å². The molecular weight excluding hydrogens is 300 g/mol. The van der Waals surface area contributed by atoms with E-state index < -0.39 is 0 Å². The number of hydrogen-bond acceptors (Lipinski definition) is 4. The lowest BCUT2D eigenvalue weighted by molar-refractivity contribution is 0.474. The van der Waals surface area contributed by atoms with Gasteiger partial charge in [0.1, 0.15) is 17.8 Å². The lowest BCUT2D eigenvalue weighted by atomic mass is 10.1. The van der Waals surface area contributed by atoms with E-state index in [4.69, 9.17) is 0 Å². The van der Waals surface area contributed by atoms with Crippen LogP contribution in [0.2, 0.25) is 0 Å². The van der Waals surface area contributed by atoms with Gasteiger partial charge in [-0.25, -0.2) is 9.97 Å². The van der Waals surface area contributed by atoms with Crippen molar-refractivity contribution in [2.75, 3.05) is 0 Å². The van der Waals surface area contributed by atoms with Gasteiger partial charge >= 0.3 is 0 Å². The number of aromatic nitrogens is 2. The summed E-state index contributed by atoms with van der Waals surface area (Å²) < 4.78 is 0. The fourth-order valence-electron chi connectivity index (χ4n) is 2.10. The maximum absolute atomic E-state index is 9.28. The fourth-order valence-corrected chi connectivity index (χ4v) is 2.10. The second-order valence-electron chi connectivity index (χ2n) is 5.22. The Morgan fingerprint density at radius 1 is 0.583 bits per heavy atom. The molecule has 1 aromatic heterocycles. The molecule has 118 valence electrons. The van der Waals surface area contributed by atoms with Crippen LogP contribution in [0.3, 0.4) is 0 Å². The van der Waals surface area contributed by atoms with Crippen molar-refractivity contribution in [2.45, 2.75) is 0 Å². The van der Waals surface area contributed by atoms with Gasteiger partial charge in [-0.15, -0.1) is 0 Å². The third kappa shape index (κ3) is 4.30. The number of phenols is 2. The van der Waals surface area contributed by atoms with Crippen LogP contribution in [-0.4, -0.2) is 20.2 Å². The van der Waals surface area contributed by atoms with Crippen LogP contribution in [0.5, 0.6) is 11.5 Å². The van der Waals surface area contributed by atoms with Crippen LogP contribution in [0.4, 0.5) is 0 Å². The molecule has 4 nitrogen and oxygen atoms in total. The molecule has 0 saturated heterocycles. The molecule has 3 aromatic rings. The maximum Gasteiger partial charge on any atom is 0.116 e. The molecule has 4 heteroatoms. The van der Waals surface area contributed by atoms with Crippen LogP contribution in [0.25, 0.3) is 24.3 Å². The van der Waals surface area contributed by atoms with E-state index in [1.807, 2.05) is 54.6 Å². The zero-order valence-corrected chi connectivity index (χ0v) is 12.9. The Hall–Kier alpha value is -3.40. The number of hydrogen-bond donors (Lipinski definition) is 2. The van der Waals surface area contributed by atoms with E-state index in [-0.39, 0.29) is 11.5 Å². The SMILES string of the molecule is Oc1ccc(/C=C/c2cc(/C=C/c3ccc(O)cc3)ncn2)cc1. The zero-order chi connectivity index (χ0) is 16.8. The van der Waals surface area contributed by atoms with Gasteiger partial charge < -0.3 is 10.2 Å². The second kappa shape index (κ2) is 7.24. The molecule has 24 heavy (non-hydrogen) atoms. The molecule has 3 rings (SSSR count). The van der Waals surface area contributed by atoms with E-state index in [2.05, 4.69) is 9.97 Å². The van der Waals surface area contributed by atoms with Gasteiger partial charge in [-0.1, -0.05) is 36.4 Å². The number of phenolic OH excluding ortho intramolecular Hbond substituents is 2. The van der Waals surface area contributed by atoms with Gasteiger partial charge in [-0.05, 0) is 53.6 Å². The van der Waals surface area contributed by atoms with E-state index in [1.54, 1.807) is 24.3 Å². The highest BCUT2D eigenvalue weighted by atomic mass is 16.3. The van der Waals surface area contributed by atoms with Crippen molar-refractivity contribution in [3.63, 3.8) is 0 Å². The summed E-state index contributed by atoms with van der Waals surface area (Å²) in [6.45, 7) is 0. The fraction of sp³-hybridized carbons (Fsp3) is 0. The third-order valence-electron chi connectivity index (χ3n) is 3.39. The molecule has 1 heterocycles. The number of nitrogens with zero attached hydrogens (tertiary/aromatic N) is 2. The Bertz CT molecular complexity index is 796. The van der Waals surface area contributed by atoms with Crippen LogP contribution in [0, 0.1) is 0 Å². The topological polar surface area (TPSA) is 66.2 Å². The van der Waals surface area contributed by atoms with Gasteiger partial charge in [0.25, 0.3) is 0 Å². The van der Waals surface area contributed by atoms with Crippen molar-refractivity contribution < 1.29 is 10.2 Å². The smallest absolute Gasteiger partial charge is 0.116 e. The van der Waals surface area contributed by atoms with E-state index in [0.29, 0.717) is 0 Å². The standard InChI is InChI=1S/C20H16N2O2/c23-19-9-3-15(4-10-19)1-7-17-13-18(22-14-21-17)8-2-16-5-11-20(24)12-6-16/h1-14,23-24H/b7-1+,8-2+. The van der Waals surface area contributed by atoms with Crippen molar-refractivity contribution in [3.8, 4) is 11.5 Å². The monoisotopic (exact) mass is 316 g/mol. The molecule has 0 radical (unpaired) electrons. The highest BCUT2D eigenvalue weighted by molar-refractivity contribution is 5.71. The maximum atomic E-state index is 9.28. The molecule has 0 spiro atoms.